The van der Waals surface area contributed by atoms with Gasteiger partial charge in [-0.15, -0.1) is 0 Å². The number of rotatable bonds is 7. The Morgan fingerprint density at radius 1 is 0.758 bits per heavy atom. The monoisotopic (exact) mass is 494 g/mol. The predicted molar refractivity (Wildman–Crippen MR) is 130 cm³/mol. The molecular formula is C21H28N4O6P2+2. The number of carbonyl (C=O) groups excluding carboxylic acids is 1. The summed E-state index contributed by atoms with van der Waals surface area (Å²) in [5.41, 5.74) is 0.882. The van der Waals surface area contributed by atoms with Gasteiger partial charge in [-0.3, -0.25) is 4.79 Å². The van der Waals surface area contributed by atoms with Gasteiger partial charge >= 0.3 is 26.6 Å². The van der Waals surface area contributed by atoms with Crippen LogP contribution in [0.3, 0.4) is 0 Å². The lowest BCUT2D eigenvalue weighted by molar-refractivity contribution is 0.110. The van der Waals surface area contributed by atoms with Crippen molar-refractivity contribution in [3.63, 3.8) is 0 Å². The van der Waals surface area contributed by atoms with E-state index in [2.05, 4.69) is 10.2 Å². The predicted octanol–water partition coefficient (Wildman–Crippen LogP) is 3.61. The summed E-state index contributed by atoms with van der Waals surface area (Å²) in [5, 5.41) is 11.3. The van der Waals surface area contributed by atoms with Crippen molar-refractivity contribution in [2.45, 2.75) is 0 Å². The van der Waals surface area contributed by atoms with Gasteiger partial charge < -0.3 is 23.3 Å². The molecule has 3 heterocycles. The fourth-order valence-corrected chi connectivity index (χ4v) is 2.90. The number of hydrazone groups is 2. The average Bonchev–Trinajstić information content (AvgIpc) is 3.53. The number of carbonyl (C=O) groups is 1. The van der Waals surface area contributed by atoms with Crippen molar-refractivity contribution in [2.75, 3.05) is 41.5 Å². The molecule has 0 bridgehead atoms. The molecule has 0 spiro atoms. The van der Waals surface area contributed by atoms with Crippen molar-refractivity contribution >= 4 is 45.3 Å². The summed E-state index contributed by atoms with van der Waals surface area (Å²) >= 11 is 0. The third-order valence-electron chi connectivity index (χ3n) is 3.34. The Hall–Kier alpha value is -3.35. The van der Waals surface area contributed by atoms with E-state index < -0.39 is 15.6 Å². The molecule has 3 aromatic rings. The fraction of sp³-hybridized carbons (Fsp3) is 0.286. The molecule has 0 aliphatic carbocycles. The van der Waals surface area contributed by atoms with Crippen LogP contribution in [0.1, 0.15) is 22.1 Å². The second-order valence-corrected chi connectivity index (χ2v) is 9.54. The molecule has 0 radical (unpaired) electrons. The molecule has 33 heavy (non-hydrogen) atoms. The minimum atomic E-state index is -1.46. The van der Waals surface area contributed by atoms with Crippen LogP contribution in [0.5, 0.6) is 0 Å². The number of hydrogen-bond acceptors (Lipinski definition) is 10. The van der Waals surface area contributed by atoms with Gasteiger partial charge in [0.05, 0.1) is 18.7 Å². The van der Waals surface area contributed by atoms with E-state index in [1.807, 2.05) is 40.3 Å². The van der Waals surface area contributed by atoms with Crippen LogP contribution < -0.4 is 11.0 Å². The summed E-state index contributed by atoms with van der Waals surface area (Å²) in [6.07, 6.45) is 5.46. The van der Waals surface area contributed by atoms with E-state index in [1.54, 1.807) is 53.6 Å². The maximum Gasteiger partial charge on any atom is 0.412 e. The van der Waals surface area contributed by atoms with Crippen LogP contribution in [0.4, 0.5) is 0 Å². The number of hydrogen-bond donors (Lipinski definition) is 0. The number of furan rings is 3. The minimum Gasteiger partial charge on any atom is -0.463 e. The highest BCUT2D eigenvalue weighted by molar-refractivity contribution is 7.52. The molecule has 176 valence electrons. The van der Waals surface area contributed by atoms with Crippen LogP contribution in [0, 0.1) is 0 Å². The van der Waals surface area contributed by atoms with E-state index in [-0.39, 0.29) is 5.76 Å². The van der Waals surface area contributed by atoms with E-state index in [0.717, 1.165) is 5.76 Å². The van der Waals surface area contributed by atoms with Crippen LogP contribution in [0.2, 0.25) is 0 Å². The molecule has 2 atom stereocenters. The Bertz CT molecular complexity index is 1070. The van der Waals surface area contributed by atoms with Crippen LogP contribution in [0.15, 0.2) is 66.1 Å². The van der Waals surface area contributed by atoms with E-state index in [0.29, 0.717) is 23.0 Å². The second-order valence-electron chi connectivity index (χ2n) is 6.66. The highest BCUT2D eigenvalue weighted by atomic mass is 31.1. The second kappa shape index (κ2) is 14.7. The highest BCUT2D eigenvalue weighted by Crippen LogP contribution is 2.15. The lowest BCUT2D eigenvalue weighted by atomic mass is 10.5. The molecule has 3 rings (SSSR count). The largest absolute Gasteiger partial charge is 0.463 e. The number of aldehydes is 1. The van der Waals surface area contributed by atoms with Crippen LogP contribution in [0.25, 0.3) is 0 Å². The maximum absolute atomic E-state index is 11.0. The molecule has 0 saturated heterocycles. The molecule has 0 aliphatic rings. The molecule has 12 heteroatoms. The molecule has 10 nitrogen and oxygen atoms in total. The van der Waals surface area contributed by atoms with Crippen molar-refractivity contribution in [2.24, 2.45) is 10.2 Å². The zero-order valence-electron chi connectivity index (χ0n) is 19.4. The Labute approximate surface area is 194 Å². The Morgan fingerprint density at radius 3 is 1.61 bits per heavy atom. The molecule has 0 saturated carbocycles. The summed E-state index contributed by atoms with van der Waals surface area (Å²) < 4.78 is 36.8. The smallest absolute Gasteiger partial charge is 0.412 e. The van der Waals surface area contributed by atoms with Gasteiger partial charge in [-0.2, -0.15) is 10.2 Å². The first-order chi connectivity index (χ1) is 15.6. The third kappa shape index (κ3) is 11.7. The first-order valence-corrected chi connectivity index (χ1v) is 13.0. The number of nitrogens with zero attached hydrogens (tertiary/aromatic N) is 4. The highest BCUT2D eigenvalue weighted by Gasteiger charge is 2.17. The van der Waals surface area contributed by atoms with E-state index >= 15 is 0 Å². The van der Waals surface area contributed by atoms with Gasteiger partial charge in [-0.1, -0.05) is 9.13 Å². The zero-order valence-corrected chi connectivity index (χ0v) is 21.2. The lowest BCUT2D eigenvalue weighted by Gasteiger charge is -1.99. The molecule has 3 aromatic heterocycles. The Balaban J connectivity index is 0.000000251. The first-order valence-electron chi connectivity index (χ1n) is 9.55. The average molecular weight is 494 g/mol. The van der Waals surface area contributed by atoms with Gasteiger partial charge in [0.25, 0.3) is 0 Å². The van der Waals surface area contributed by atoms with Crippen LogP contribution in [-0.4, -0.2) is 70.3 Å². The van der Waals surface area contributed by atoms with E-state index in [1.165, 1.54) is 12.7 Å². The van der Waals surface area contributed by atoms with Crippen molar-refractivity contribution < 1.29 is 27.2 Å². The van der Waals surface area contributed by atoms with Crippen molar-refractivity contribution in [3.05, 3.63) is 59.9 Å². The summed E-state index contributed by atoms with van der Waals surface area (Å²) in [5.74, 6) is 1.61. The van der Waals surface area contributed by atoms with Crippen molar-refractivity contribution in [3.8, 4) is 0 Å². The van der Waals surface area contributed by atoms with Gasteiger partial charge in [-0.25, -0.2) is 0 Å². The summed E-state index contributed by atoms with van der Waals surface area (Å²) in [4.78, 5) is 10.1. The standard InChI is InChI=1S/C8H12N2O2P.C7H10N2O.C6H6O3P/c1-10(2)9-6-7-4-5-8(12-7)13(3)11;1-9(2)8-6-7-4-3-5-10-7;1-10(8)6-3-2-5(4-7)9-6/h4-6H,1-3H3;3-6H,1-2H3;2-4H,1H3/q+1;;+1/b9-6+;8-6+;. The van der Waals surface area contributed by atoms with Crippen LogP contribution >= 0.6 is 15.6 Å². The summed E-state index contributed by atoms with van der Waals surface area (Å²) in [6.45, 7) is 3.14. The summed E-state index contributed by atoms with van der Waals surface area (Å²) in [7, 11) is 4.51. The molecule has 0 amide bonds. The fourth-order valence-electron chi connectivity index (χ4n) is 1.87. The van der Waals surface area contributed by atoms with Crippen molar-refractivity contribution in [1.29, 1.82) is 0 Å². The molecular weight excluding hydrogens is 466 g/mol. The molecule has 2 unspecified atom stereocenters. The Kier molecular flexibility index (Phi) is 12.3. The van der Waals surface area contributed by atoms with Crippen molar-refractivity contribution in [1.82, 2.24) is 10.0 Å². The molecule has 0 fully saturated rings. The van der Waals surface area contributed by atoms with Gasteiger partial charge in [0, 0.05) is 40.3 Å². The van der Waals surface area contributed by atoms with E-state index in [4.69, 9.17) is 13.3 Å². The SMILES string of the molecule is CN(C)/N=C/c1ccc([P+](C)=O)o1.CN(C)/N=C/c1ccco1.C[P+](=O)c1ccc(C=O)o1. The minimum absolute atomic E-state index is 0.222. The molecule has 0 aromatic carbocycles. The lowest BCUT2D eigenvalue weighted by Crippen LogP contribution is -2.01. The van der Waals surface area contributed by atoms with Crippen LogP contribution in [-0.2, 0) is 9.13 Å². The molecule has 0 aliphatic heterocycles. The van der Waals surface area contributed by atoms with Gasteiger partial charge in [0.1, 0.15) is 19.1 Å². The topological polar surface area (TPSA) is 122 Å². The molecule has 0 N–H and O–H groups in total. The van der Waals surface area contributed by atoms with Gasteiger partial charge in [0.2, 0.25) is 0 Å². The maximum atomic E-state index is 11.0. The summed E-state index contributed by atoms with van der Waals surface area (Å²) in [6, 6.07) is 10.2. The normalized spacial score (nSPS) is 11.3. The zero-order chi connectivity index (χ0) is 24.8. The van der Waals surface area contributed by atoms with E-state index in [9.17, 15) is 13.9 Å². The van der Waals surface area contributed by atoms with Gasteiger partial charge in [0.15, 0.2) is 17.8 Å². The first kappa shape index (κ1) is 27.7. The quantitative estimate of drug-likeness (QED) is 0.211. The Morgan fingerprint density at radius 2 is 1.24 bits per heavy atom. The van der Waals surface area contributed by atoms with Gasteiger partial charge in [-0.05, 0) is 24.3 Å². The third-order valence-corrected chi connectivity index (χ3v) is 5.06.